The topological polar surface area (TPSA) is 135 Å². The molecule has 0 aliphatic heterocycles. The number of hydrogen-bond donors (Lipinski definition) is 2. The highest BCUT2D eigenvalue weighted by molar-refractivity contribution is 7.11. The average molecular weight is 391 g/mol. The van der Waals surface area contributed by atoms with Crippen LogP contribution in [0.4, 0.5) is 11.4 Å². The van der Waals surface area contributed by atoms with Crippen molar-refractivity contribution in [3.8, 4) is 17.3 Å². The number of carbonyl (C=O) groups is 1. The maximum atomic E-state index is 11.5. The molecule has 0 saturated heterocycles. The summed E-state index contributed by atoms with van der Waals surface area (Å²) < 4.78 is 0. The number of thiazole rings is 1. The summed E-state index contributed by atoms with van der Waals surface area (Å²) in [4.78, 5) is 26.3. The van der Waals surface area contributed by atoms with Gasteiger partial charge in [0.1, 0.15) is 16.6 Å². The molecule has 3 aromatic rings. The molecule has 3 rings (SSSR count). The lowest BCUT2D eigenvalue weighted by Gasteiger charge is -2.06. The predicted octanol–water partition coefficient (Wildman–Crippen LogP) is 3.79. The van der Waals surface area contributed by atoms with E-state index in [1.165, 1.54) is 29.7 Å². The lowest BCUT2D eigenvalue weighted by atomic mass is 10.1. The van der Waals surface area contributed by atoms with E-state index in [0.717, 1.165) is 0 Å². The largest absolute Gasteiger partial charge is 0.366 e. The van der Waals surface area contributed by atoms with E-state index in [-0.39, 0.29) is 11.3 Å². The Morgan fingerprint density at radius 2 is 2.07 bits per heavy atom. The van der Waals surface area contributed by atoms with Crippen LogP contribution in [0.15, 0.2) is 60.1 Å². The molecule has 0 radical (unpaired) electrons. The number of benzene rings is 2. The van der Waals surface area contributed by atoms with E-state index in [1.807, 2.05) is 0 Å². The number of nitro benzene ring substituents is 1. The van der Waals surface area contributed by atoms with Crippen LogP contribution in [-0.2, 0) is 0 Å². The van der Waals surface area contributed by atoms with Crippen LogP contribution in [0.2, 0.25) is 0 Å². The summed E-state index contributed by atoms with van der Waals surface area (Å²) in [5.74, 6) is -0.586. The van der Waals surface area contributed by atoms with Gasteiger partial charge in [0.15, 0.2) is 0 Å². The second kappa shape index (κ2) is 8.11. The number of nitrogens with zero attached hydrogens (tertiary/aromatic N) is 3. The van der Waals surface area contributed by atoms with Crippen LogP contribution >= 0.6 is 11.3 Å². The smallest absolute Gasteiger partial charge is 0.270 e. The third kappa shape index (κ3) is 4.03. The van der Waals surface area contributed by atoms with E-state index in [2.05, 4.69) is 16.4 Å². The maximum absolute atomic E-state index is 11.5. The fourth-order valence-electron chi connectivity index (χ4n) is 2.42. The Balaban J connectivity index is 1.88. The summed E-state index contributed by atoms with van der Waals surface area (Å²) in [6.07, 6.45) is 1.44. The van der Waals surface area contributed by atoms with E-state index < -0.39 is 10.8 Å². The molecule has 138 valence electrons. The Bertz CT molecular complexity index is 1130. The van der Waals surface area contributed by atoms with Crippen molar-refractivity contribution in [2.45, 2.75) is 0 Å². The predicted molar refractivity (Wildman–Crippen MR) is 106 cm³/mol. The SMILES string of the molecule is N#C/C(=C/Nc1ccccc1C(N)=O)c1nc(-c2cccc([N+](=O)[O-])c2)cs1. The highest BCUT2D eigenvalue weighted by Crippen LogP contribution is 2.28. The third-order valence-corrected chi connectivity index (χ3v) is 4.65. The van der Waals surface area contributed by atoms with Gasteiger partial charge in [-0.3, -0.25) is 14.9 Å². The number of amides is 1. The third-order valence-electron chi connectivity index (χ3n) is 3.77. The van der Waals surface area contributed by atoms with Crippen LogP contribution in [0.5, 0.6) is 0 Å². The average Bonchev–Trinajstić information content (AvgIpc) is 3.19. The molecular weight excluding hydrogens is 378 g/mol. The van der Waals surface area contributed by atoms with Crippen molar-refractivity contribution >= 4 is 34.2 Å². The number of aromatic nitrogens is 1. The van der Waals surface area contributed by atoms with Gasteiger partial charge >= 0.3 is 0 Å². The van der Waals surface area contributed by atoms with E-state index in [4.69, 9.17) is 5.73 Å². The lowest BCUT2D eigenvalue weighted by molar-refractivity contribution is -0.384. The number of carbonyl (C=O) groups excluding carboxylic acids is 1. The molecule has 8 nitrogen and oxygen atoms in total. The zero-order valence-electron chi connectivity index (χ0n) is 14.3. The first-order valence-electron chi connectivity index (χ1n) is 7.96. The number of non-ortho nitro benzene ring substituents is 1. The molecule has 0 aliphatic carbocycles. The Hall–Kier alpha value is -4.03. The monoisotopic (exact) mass is 391 g/mol. The van der Waals surface area contributed by atoms with Gasteiger partial charge in [-0.1, -0.05) is 24.3 Å². The normalized spacial score (nSPS) is 10.9. The van der Waals surface area contributed by atoms with Crippen molar-refractivity contribution in [1.82, 2.24) is 4.98 Å². The van der Waals surface area contributed by atoms with Crippen LogP contribution in [0, 0.1) is 21.4 Å². The van der Waals surface area contributed by atoms with E-state index in [1.54, 1.807) is 41.8 Å². The number of primary amides is 1. The lowest BCUT2D eigenvalue weighted by Crippen LogP contribution is -2.13. The molecule has 0 atom stereocenters. The molecule has 1 aromatic heterocycles. The zero-order chi connectivity index (χ0) is 20.1. The molecule has 0 unspecified atom stereocenters. The molecule has 0 bridgehead atoms. The number of anilines is 1. The van der Waals surface area contributed by atoms with E-state index in [0.29, 0.717) is 27.5 Å². The Kier molecular flexibility index (Phi) is 5.43. The van der Waals surface area contributed by atoms with Crippen LogP contribution in [0.3, 0.4) is 0 Å². The molecule has 1 heterocycles. The number of nitriles is 1. The Morgan fingerprint density at radius 3 is 2.79 bits per heavy atom. The van der Waals surface area contributed by atoms with Crippen LogP contribution in [0.25, 0.3) is 16.8 Å². The molecule has 3 N–H and O–H groups in total. The molecular formula is C19H13N5O3S. The maximum Gasteiger partial charge on any atom is 0.270 e. The molecule has 0 fully saturated rings. The van der Waals surface area contributed by atoms with Crippen LogP contribution < -0.4 is 11.1 Å². The first-order chi connectivity index (χ1) is 13.5. The fraction of sp³-hybridized carbons (Fsp3) is 0. The molecule has 2 aromatic carbocycles. The number of para-hydroxylation sites is 1. The summed E-state index contributed by atoms with van der Waals surface area (Å²) in [6.45, 7) is 0. The zero-order valence-corrected chi connectivity index (χ0v) is 15.1. The number of nitro groups is 1. The molecule has 9 heteroatoms. The Morgan fingerprint density at radius 1 is 1.29 bits per heavy atom. The van der Waals surface area contributed by atoms with Crippen molar-refractivity contribution in [3.63, 3.8) is 0 Å². The van der Waals surface area contributed by atoms with Gasteiger partial charge in [-0.05, 0) is 12.1 Å². The number of hydrogen-bond acceptors (Lipinski definition) is 7. The highest BCUT2D eigenvalue weighted by Gasteiger charge is 2.13. The van der Waals surface area contributed by atoms with Gasteiger partial charge in [0, 0.05) is 29.3 Å². The summed E-state index contributed by atoms with van der Waals surface area (Å²) in [6, 6.07) is 14.8. The number of rotatable bonds is 6. The van der Waals surface area contributed by atoms with Gasteiger partial charge in [0.05, 0.1) is 21.9 Å². The minimum Gasteiger partial charge on any atom is -0.366 e. The van der Waals surface area contributed by atoms with Gasteiger partial charge in [-0.2, -0.15) is 5.26 Å². The van der Waals surface area contributed by atoms with Crippen LogP contribution in [0.1, 0.15) is 15.4 Å². The quantitative estimate of drug-likeness (QED) is 0.373. The molecule has 0 spiro atoms. The molecule has 1 amide bonds. The Labute approximate surface area is 163 Å². The first-order valence-corrected chi connectivity index (χ1v) is 8.84. The van der Waals surface area contributed by atoms with Gasteiger partial charge in [0.2, 0.25) is 0 Å². The summed E-state index contributed by atoms with van der Waals surface area (Å²) in [5.41, 5.74) is 7.44. The standard InChI is InChI=1S/C19H13N5O3S/c20-9-13(10-22-16-7-2-1-6-15(16)18(21)25)19-23-17(11-28-19)12-4-3-5-14(8-12)24(26)27/h1-8,10-11,22H,(H2,21,25)/b13-10-. The van der Waals surface area contributed by atoms with Crippen molar-refractivity contribution < 1.29 is 9.72 Å². The van der Waals surface area contributed by atoms with Crippen molar-refractivity contribution in [2.75, 3.05) is 5.32 Å². The second-order valence-corrected chi connectivity index (χ2v) is 6.43. The number of nitrogens with two attached hydrogens (primary N) is 1. The van der Waals surface area contributed by atoms with E-state index >= 15 is 0 Å². The van der Waals surface area contributed by atoms with Crippen molar-refractivity contribution in [3.05, 3.63) is 80.8 Å². The van der Waals surface area contributed by atoms with Crippen molar-refractivity contribution in [2.24, 2.45) is 5.73 Å². The van der Waals surface area contributed by atoms with Gasteiger partial charge < -0.3 is 11.1 Å². The second-order valence-electron chi connectivity index (χ2n) is 5.57. The molecule has 0 saturated carbocycles. The molecule has 28 heavy (non-hydrogen) atoms. The van der Waals surface area contributed by atoms with E-state index in [9.17, 15) is 20.2 Å². The van der Waals surface area contributed by atoms with Gasteiger partial charge in [0.25, 0.3) is 11.6 Å². The van der Waals surface area contributed by atoms with Gasteiger partial charge in [-0.25, -0.2) is 4.98 Å². The first kappa shape index (κ1) is 18.8. The minimum absolute atomic E-state index is 0.0344. The van der Waals surface area contributed by atoms with Crippen LogP contribution in [-0.4, -0.2) is 15.8 Å². The van der Waals surface area contributed by atoms with Crippen molar-refractivity contribution in [1.29, 1.82) is 5.26 Å². The minimum atomic E-state index is -0.586. The number of allylic oxidation sites excluding steroid dienone is 1. The molecule has 0 aliphatic rings. The highest BCUT2D eigenvalue weighted by atomic mass is 32.1. The summed E-state index contributed by atoms with van der Waals surface area (Å²) in [7, 11) is 0. The summed E-state index contributed by atoms with van der Waals surface area (Å²) in [5, 5.41) is 25.5. The fourth-order valence-corrected chi connectivity index (χ4v) is 3.22. The number of nitrogens with one attached hydrogen (secondary N) is 1. The summed E-state index contributed by atoms with van der Waals surface area (Å²) >= 11 is 1.23. The van der Waals surface area contributed by atoms with Gasteiger partial charge in [-0.15, -0.1) is 11.3 Å².